The summed E-state index contributed by atoms with van der Waals surface area (Å²) in [5.74, 6) is -1.13. The molecule has 0 aliphatic carbocycles. The van der Waals surface area contributed by atoms with Gasteiger partial charge in [0.1, 0.15) is 5.75 Å². The van der Waals surface area contributed by atoms with E-state index in [4.69, 9.17) is 10.5 Å². The van der Waals surface area contributed by atoms with E-state index in [0.717, 1.165) is 0 Å². The Morgan fingerprint density at radius 1 is 1.42 bits per heavy atom. The standard InChI is InChI=1S/C11H12BrF3N2O2/c1-10(16,11(13,14)15)9(18)17-7-5-6(12)3-4-8(7)19-2/h3-5H,16H2,1-2H3,(H,17,18). The highest BCUT2D eigenvalue weighted by atomic mass is 79.9. The monoisotopic (exact) mass is 340 g/mol. The molecule has 1 aromatic rings. The van der Waals surface area contributed by atoms with Crippen molar-refractivity contribution in [3.05, 3.63) is 22.7 Å². The molecule has 19 heavy (non-hydrogen) atoms. The van der Waals surface area contributed by atoms with Gasteiger partial charge < -0.3 is 15.8 Å². The molecule has 0 fully saturated rings. The number of amides is 1. The Morgan fingerprint density at radius 3 is 2.47 bits per heavy atom. The summed E-state index contributed by atoms with van der Waals surface area (Å²) in [6, 6.07) is 4.55. The zero-order valence-corrected chi connectivity index (χ0v) is 11.7. The average Bonchev–Trinajstić information content (AvgIpc) is 2.27. The first-order chi connectivity index (χ1) is 8.59. The van der Waals surface area contributed by atoms with Crippen molar-refractivity contribution in [1.29, 1.82) is 0 Å². The zero-order chi connectivity index (χ0) is 14.8. The number of hydrogen-bond acceptors (Lipinski definition) is 3. The maximum absolute atomic E-state index is 12.6. The van der Waals surface area contributed by atoms with Crippen molar-refractivity contribution < 1.29 is 22.7 Å². The fourth-order valence-electron chi connectivity index (χ4n) is 1.16. The molecular formula is C11H12BrF3N2O2. The molecule has 4 nitrogen and oxygen atoms in total. The van der Waals surface area contributed by atoms with Crippen molar-refractivity contribution in [1.82, 2.24) is 0 Å². The first-order valence-corrected chi connectivity index (χ1v) is 5.89. The lowest BCUT2D eigenvalue weighted by atomic mass is 10.0. The van der Waals surface area contributed by atoms with Gasteiger partial charge in [0, 0.05) is 4.47 Å². The third-order valence-corrected chi connectivity index (χ3v) is 2.96. The molecule has 1 amide bonds. The number of carbonyl (C=O) groups is 1. The number of benzene rings is 1. The van der Waals surface area contributed by atoms with Crippen LogP contribution in [0.15, 0.2) is 22.7 Å². The summed E-state index contributed by atoms with van der Waals surface area (Å²) < 4.78 is 43.4. The second-order valence-corrected chi connectivity index (χ2v) is 4.91. The molecule has 0 radical (unpaired) electrons. The Hall–Kier alpha value is -1.28. The molecule has 0 aliphatic rings. The first kappa shape index (κ1) is 15.8. The molecule has 0 saturated carbocycles. The summed E-state index contributed by atoms with van der Waals surface area (Å²) in [4.78, 5) is 11.6. The maximum atomic E-state index is 12.6. The van der Waals surface area contributed by atoms with Gasteiger partial charge in [-0.2, -0.15) is 13.2 Å². The Balaban J connectivity index is 3.03. The van der Waals surface area contributed by atoms with E-state index in [1.807, 2.05) is 0 Å². The third kappa shape index (κ3) is 3.38. The number of anilines is 1. The van der Waals surface area contributed by atoms with Crippen LogP contribution in [0.5, 0.6) is 5.75 Å². The summed E-state index contributed by atoms with van der Waals surface area (Å²) in [5, 5.41) is 2.11. The van der Waals surface area contributed by atoms with Crippen LogP contribution in [0.25, 0.3) is 0 Å². The Bertz CT molecular complexity index is 489. The molecule has 0 aliphatic heterocycles. The number of halogens is 4. The molecule has 0 aromatic heterocycles. The predicted octanol–water partition coefficient (Wildman–Crippen LogP) is 2.68. The van der Waals surface area contributed by atoms with Crippen LogP contribution in [0.1, 0.15) is 6.92 Å². The highest BCUT2D eigenvalue weighted by Crippen LogP contribution is 2.32. The average molecular weight is 341 g/mol. The van der Waals surface area contributed by atoms with Crippen LogP contribution in [0.2, 0.25) is 0 Å². The number of nitrogens with two attached hydrogens (primary N) is 1. The van der Waals surface area contributed by atoms with Crippen molar-refractivity contribution in [3.8, 4) is 5.75 Å². The quantitative estimate of drug-likeness (QED) is 0.889. The second-order valence-electron chi connectivity index (χ2n) is 4.00. The van der Waals surface area contributed by atoms with Gasteiger partial charge in [-0.15, -0.1) is 0 Å². The molecule has 3 N–H and O–H groups in total. The van der Waals surface area contributed by atoms with E-state index in [-0.39, 0.29) is 11.4 Å². The fourth-order valence-corrected chi connectivity index (χ4v) is 1.52. The third-order valence-electron chi connectivity index (χ3n) is 2.47. The Labute approximate surface area is 116 Å². The smallest absolute Gasteiger partial charge is 0.415 e. The molecule has 1 aromatic carbocycles. The fraction of sp³-hybridized carbons (Fsp3) is 0.364. The number of ether oxygens (including phenoxy) is 1. The number of nitrogens with one attached hydrogen (secondary N) is 1. The van der Waals surface area contributed by atoms with Gasteiger partial charge in [0.25, 0.3) is 5.91 Å². The van der Waals surface area contributed by atoms with Crippen LogP contribution in [-0.2, 0) is 4.79 Å². The number of methoxy groups -OCH3 is 1. The van der Waals surface area contributed by atoms with E-state index in [0.29, 0.717) is 11.4 Å². The molecule has 0 heterocycles. The molecule has 0 bridgehead atoms. The largest absolute Gasteiger partial charge is 0.495 e. The summed E-state index contributed by atoms with van der Waals surface area (Å²) >= 11 is 3.15. The second kappa shape index (κ2) is 5.38. The van der Waals surface area contributed by atoms with E-state index < -0.39 is 17.6 Å². The zero-order valence-electron chi connectivity index (χ0n) is 10.1. The number of alkyl halides is 3. The molecule has 1 unspecified atom stereocenters. The number of carbonyl (C=O) groups excluding carboxylic acids is 1. The Morgan fingerprint density at radius 2 is 2.00 bits per heavy atom. The minimum Gasteiger partial charge on any atom is -0.495 e. The molecule has 0 saturated heterocycles. The molecule has 8 heteroatoms. The van der Waals surface area contributed by atoms with Crippen molar-refractivity contribution in [3.63, 3.8) is 0 Å². The summed E-state index contributed by atoms with van der Waals surface area (Å²) in [5.41, 5.74) is 2.14. The minimum absolute atomic E-state index is 0.0998. The topological polar surface area (TPSA) is 64.3 Å². The van der Waals surface area contributed by atoms with Crippen LogP contribution in [-0.4, -0.2) is 24.7 Å². The van der Waals surface area contributed by atoms with Gasteiger partial charge in [0.15, 0.2) is 5.54 Å². The van der Waals surface area contributed by atoms with E-state index in [9.17, 15) is 18.0 Å². The van der Waals surface area contributed by atoms with Crippen LogP contribution in [0, 0.1) is 0 Å². The van der Waals surface area contributed by atoms with E-state index in [1.165, 1.54) is 19.2 Å². The van der Waals surface area contributed by atoms with Gasteiger partial charge in [0.2, 0.25) is 0 Å². The summed E-state index contributed by atoms with van der Waals surface area (Å²) in [6.45, 7) is 0.604. The van der Waals surface area contributed by atoms with Gasteiger partial charge in [-0.05, 0) is 25.1 Å². The van der Waals surface area contributed by atoms with Gasteiger partial charge in [-0.25, -0.2) is 0 Å². The van der Waals surface area contributed by atoms with Crippen molar-refractivity contribution >= 4 is 27.5 Å². The normalized spacial score (nSPS) is 14.7. The maximum Gasteiger partial charge on any atom is 0.415 e. The molecular weight excluding hydrogens is 329 g/mol. The van der Waals surface area contributed by atoms with Crippen LogP contribution < -0.4 is 15.8 Å². The lowest BCUT2D eigenvalue weighted by Gasteiger charge is -2.26. The Kier molecular flexibility index (Phi) is 4.46. The molecule has 1 rings (SSSR count). The van der Waals surface area contributed by atoms with Crippen molar-refractivity contribution in [2.45, 2.75) is 18.6 Å². The first-order valence-electron chi connectivity index (χ1n) is 5.10. The van der Waals surface area contributed by atoms with Crippen LogP contribution in [0.4, 0.5) is 18.9 Å². The highest BCUT2D eigenvalue weighted by Gasteiger charge is 2.54. The predicted molar refractivity (Wildman–Crippen MR) is 68.0 cm³/mol. The van der Waals surface area contributed by atoms with Gasteiger partial charge >= 0.3 is 6.18 Å². The van der Waals surface area contributed by atoms with Crippen LogP contribution >= 0.6 is 15.9 Å². The number of rotatable bonds is 3. The SMILES string of the molecule is COc1ccc(Br)cc1NC(=O)C(C)(N)C(F)(F)F. The van der Waals surface area contributed by atoms with Gasteiger partial charge in [-0.3, -0.25) is 4.79 Å². The van der Waals surface area contributed by atoms with E-state index >= 15 is 0 Å². The van der Waals surface area contributed by atoms with Crippen molar-refractivity contribution in [2.24, 2.45) is 5.73 Å². The van der Waals surface area contributed by atoms with E-state index in [2.05, 4.69) is 21.2 Å². The lowest BCUT2D eigenvalue weighted by molar-refractivity contribution is -0.184. The minimum atomic E-state index is -4.85. The molecule has 1 atom stereocenters. The summed E-state index contributed by atoms with van der Waals surface area (Å²) in [7, 11) is 1.34. The molecule has 0 spiro atoms. The lowest BCUT2D eigenvalue weighted by Crippen LogP contribution is -2.59. The number of hydrogen-bond donors (Lipinski definition) is 2. The van der Waals surface area contributed by atoms with Gasteiger partial charge in [0.05, 0.1) is 12.8 Å². The van der Waals surface area contributed by atoms with Crippen molar-refractivity contribution in [2.75, 3.05) is 12.4 Å². The highest BCUT2D eigenvalue weighted by molar-refractivity contribution is 9.10. The van der Waals surface area contributed by atoms with Gasteiger partial charge in [-0.1, -0.05) is 15.9 Å². The van der Waals surface area contributed by atoms with E-state index in [1.54, 1.807) is 6.07 Å². The summed E-state index contributed by atoms with van der Waals surface area (Å²) in [6.07, 6.45) is -4.85. The molecule has 106 valence electrons. The van der Waals surface area contributed by atoms with Crippen LogP contribution in [0.3, 0.4) is 0 Å².